The van der Waals surface area contributed by atoms with Crippen molar-refractivity contribution in [3.8, 4) is 0 Å². The number of aliphatic hydroxyl groups is 1. The Bertz CT molecular complexity index is 241. The molecule has 0 saturated carbocycles. The summed E-state index contributed by atoms with van der Waals surface area (Å²) in [4.78, 5) is 4.68. The van der Waals surface area contributed by atoms with E-state index in [4.69, 9.17) is 5.11 Å². The third-order valence-corrected chi connectivity index (χ3v) is 3.84. The molecule has 0 radical (unpaired) electrons. The number of aliphatic imine (C=N–C) groups is 1. The summed E-state index contributed by atoms with van der Waals surface area (Å²) < 4.78 is 0. The quantitative estimate of drug-likeness (QED) is 0.531. The van der Waals surface area contributed by atoms with Crippen LogP contribution in [0.4, 0.5) is 0 Å². The maximum absolute atomic E-state index is 8.79. The van der Waals surface area contributed by atoms with E-state index in [-0.39, 0.29) is 6.61 Å². The molecule has 0 fully saturated rings. The summed E-state index contributed by atoms with van der Waals surface area (Å²) in [7, 11) is 0. The summed E-state index contributed by atoms with van der Waals surface area (Å²) in [6, 6.07) is 0.494. The van der Waals surface area contributed by atoms with Gasteiger partial charge in [0.15, 0.2) is 0 Å². The molecule has 1 atom stereocenters. The lowest BCUT2D eigenvalue weighted by Crippen LogP contribution is -2.21. The highest BCUT2D eigenvalue weighted by molar-refractivity contribution is 5.83. The van der Waals surface area contributed by atoms with Gasteiger partial charge in [-0.2, -0.15) is 0 Å². The molecule has 112 valence electrons. The van der Waals surface area contributed by atoms with Crippen LogP contribution in [0.25, 0.3) is 0 Å². The van der Waals surface area contributed by atoms with Crippen LogP contribution in [0.15, 0.2) is 4.99 Å². The van der Waals surface area contributed by atoms with E-state index in [1.165, 1.54) is 57.8 Å². The molecule has 0 aromatic carbocycles. The highest BCUT2D eigenvalue weighted by Gasteiger charge is 2.15. The average molecular weight is 268 g/mol. The molecule has 0 saturated heterocycles. The van der Waals surface area contributed by atoms with Crippen LogP contribution >= 0.6 is 0 Å². The van der Waals surface area contributed by atoms with Gasteiger partial charge in [-0.15, -0.1) is 0 Å². The molecule has 2 N–H and O–H groups in total. The summed E-state index contributed by atoms with van der Waals surface area (Å²) >= 11 is 0. The van der Waals surface area contributed by atoms with Crippen LogP contribution in [-0.2, 0) is 0 Å². The Hall–Kier alpha value is -0.570. The van der Waals surface area contributed by atoms with Crippen molar-refractivity contribution in [1.29, 1.82) is 0 Å². The summed E-state index contributed by atoms with van der Waals surface area (Å²) in [5, 5.41) is 12.1. The molecule has 0 spiro atoms. The number of nitrogens with one attached hydrogen (secondary N) is 1. The molecular formula is C16H32N2O. The van der Waals surface area contributed by atoms with Crippen molar-refractivity contribution in [2.24, 2.45) is 4.99 Å². The van der Waals surface area contributed by atoms with Gasteiger partial charge in [-0.05, 0) is 12.8 Å². The minimum Gasteiger partial charge on any atom is -0.396 e. The minimum absolute atomic E-state index is 0.267. The van der Waals surface area contributed by atoms with Crippen molar-refractivity contribution in [3.63, 3.8) is 0 Å². The SMILES string of the molecule is CCCCCCCCCCC1CNC(CCCO)=N1. The first-order valence-corrected chi connectivity index (χ1v) is 8.28. The zero-order valence-electron chi connectivity index (χ0n) is 12.7. The molecule has 1 unspecified atom stereocenters. The number of aliphatic hydroxyl groups excluding tert-OH is 1. The van der Waals surface area contributed by atoms with Gasteiger partial charge in [-0.3, -0.25) is 4.99 Å². The largest absolute Gasteiger partial charge is 0.396 e. The first-order valence-electron chi connectivity index (χ1n) is 8.28. The van der Waals surface area contributed by atoms with Crippen LogP contribution in [-0.4, -0.2) is 30.1 Å². The van der Waals surface area contributed by atoms with Crippen molar-refractivity contribution in [1.82, 2.24) is 5.32 Å². The predicted molar refractivity (Wildman–Crippen MR) is 82.8 cm³/mol. The Morgan fingerprint density at radius 3 is 2.42 bits per heavy atom. The van der Waals surface area contributed by atoms with Crippen molar-refractivity contribution < 1.29 is 5.11 Å². The second kappa shape index (κ2) is 11.3. The first-order chi connectivity index (χ1) is 9.36. The van der Waals surface area contributed by atoms with E-state index >= 15 is 0 Å². The smallest absolute Gasteiger partial charge is 0.0968 e. The summed E-state index contributed by atoms with van der Waals surface area (Å²) in [5.74, 6) is 1.11. The summed E-state index contributed by atoms with van der Waals surface area (Å²) in [6.07, 6.45) is 14.0. The summed E-state index contributed by atoms with van der Waals surface area (Å²) in [5.41, 5.74) is 0. The number of unbranched alkanes of at least 4 members (excludes halogenated alkanes) is 7. The third kappa shape index (κ3) is 8.25. The molecule has 1 aliphatic heterocycles. The van der Waals surface area contributed by atoms with Crippen LogP contribution in [0.5, 0.6) is 0 Å². The zero-order valence-corrected chi connectivity index (χ0v) is 12.7. The van der Waals surface area contributed by atoms with Gasteiger partial charge in [0.25, 0.3) is 0 Å². The van der Waals surface area contributed by atoms with Gasteiger partial charge in [0.1, 0.15) is 0 Å². The molecule has 0 amide bonds. The number of nitrogens with zero attached hydrogens (tertiary/aromatic N) is 1. The van der Waals surface area contributed by atoms with Crippen LogP contribution in [0.2, 0.25) is 0 Å². The fraction of sp³-hybridized carbons (Fsp3) is 0.938. The van der Waals surface area contributed by atoms with Crippen LogP contribution < -0.4 is 5.32 Å². The molecule has 19 heavy (non-hydrogen) atoms. The number of rotatable bonds is 12. The Morgan fingerprint density at radius 1 is 1.05 bits per heavy atom. The second-order valence-corrected chi connectivity index (χ2v) is 5.70. The standard InChI is InChI=1S/C16H32N2O/c1-2-3-4-5-6-7-8-9-11-15-14-17-16(18-15)12-10-13-19/h15,19H,2-14H2,1H3,(H,17,18). The molecule has 3 nitrogen and oxygen atoms in total. The van der Waals surface area contributed by atoms with Gasteiger partial charge in [0.2, 0.25) is 0 Å². The number of amidine groups is 1. The van der Waals surface area contributed by atoms with E-state index in [2.05, 4.69) is 17.2 Å². The van der Waals surface area contributed by atoms with E-state index in [0.717, 1.165) is 25.2 Å². The van der Waals surface area contributed by atoms with Crippen molar-refractivity contribution >= 4 is 5.84 Å². The van der Waals surface area contributed by atoms with Crippen molar-refractivity contribution in [2.75, 3.05) is 13.2 Å². The van der Waals surface area contributed by atoms with Crippen LogP contribution in [0, 0.1) is 0 Å². The van der Waals surface area contributed by atoms with Crippen LogP contribution in [0.1, 0.15) is 77.6 Å². The molecule has 0 bridgehead atoms. The van der Waals surface area contributed by atoms with E-state index < -0.39 is 0 Å². The molecule has 1 heterocycles. The van der Waals surface area contributed by atoms with Crippen LogP contribution in [0.3, 0.4) is 0 Å². The van der Waals surface area contributed by atoms with Crippen molar-refractivity contribution in [2.45, 2.75) is 83.6 Å². The van der Waals surface area contributed by atoms with Gasteiger partial charge in [-0.1, -0.05) is 58.3 Å². The minimum atomic E-state index is 0.267. The highest BCUT2D eigenvalue weighted by atomic mass is 16.2. The molecule has 1 aliphatic rings. The van der Waals surface area contributed by atoms with Crippen molar-refractivity contribution in [3.05, 3.63) is 0 Å². The highest BCUT2D eigenvalue weighted by Crippen LogP contribution is 2.13. The number of hydrogen-bond acceptors (Lipinski definition) is 3. The molecule has 0 aromatic rings. The van der Waals surface area contributed by atoms with E-state index in [1.807, 2.05) is 0 Å². The average Bonchev–Trinajstić information content (AvgIpc) is 2.87. The Kier molecular flexibility index (Phi) is 9.78. The Labute approximate surface area is 118 Å². The van der Waals surface area contributed by atoms with E-state index in [1.54, 1.807) is 0 Å². The van der Waals surface area contributed by atoms with Gasteiger partial charge >= 0.3 is 0 Å². The fourth-order valence-corrected chi connectivity index (χ4v) is 2.63. The maximum atomic E-state index is 8.79. The predicted octanol–water partition coefficient (Wildman–Crippen LogP) is 3.66. The lowest BCUT2D eigenvalue weighted by Gasteiger charge is -2.05. The van der Waals surface area contributed by atoms with Gasteiger partial charge in [0.05, 0.1) is 11.9 Å². The molecule has 0 aliphatic carbocycles. The lowest BCUT2D eigenvalue weighted by atomic mass is 10.1. The third-order valence-electron chi connectivity index (χ3n) is 3.84. The lowest BCUT2D eigenvalue weighted by molar-refractivity contribution is 0.291. The Balaban J connectivity index is 1.91. The first kappa shape index (κ1) is 16.5. The summed E-state index contributed by atoms with van der Waals surface area (Å²) in [6.45, 7) is 3.55. The van der Waals surface area contributed by atoms with E-state index in [9.17, 15) is 0 Å². The van der Waals surface area contributed by atoms with Gasteiger partial charge < -0.3 is 10.4 Å². The zero-order chi connectivity index (χ0) is 13.8. The monoisotopic (exact) mass is 268 g/mol. The maximum Gasteiger partial charge on any atom is 0.0968 e. The molecule has 3 heteroatoms. The van der Waals surface area contributed by atoms with E-state index in [0.29, 0.717) is 6.04 Å². The second-order valence-electron chi connectivity index (χ2n) is 5.70. The fourth-order valence-electron chi connectivity index (χ4n) is 2.63. The van der Waals surface area contributed by atoms with Gasteiger partial charge in [-0.25, -0.2) is 0 Å². The topological polar surface area (TPSA) is 44.6 Å². The van der Waals surface area contributed by atoms with Gasteiger partial charge in [0, 0.05) is 19.6 Å². The normalized spacial score (nSPS) is 18.4. The molecular weight excluding hydrogens is 236 g/mol. The number of hydrogen-bond donors (Lipinski definition) is 2. The molecule has 1 rings (SSSR count). The molecule has 0 aromatic heterocycles. The Morgan fingerprint density at radius 2 is 1.74 bits per heavy atom.